The van der Waals surface area contributed by atoms with Gasteiger partial charge in [-0.3, -0.25) is 0 Å². The quantitative estimate of drug-likeness (QED) is 0.787. The van der Waals surface area contributed by atoms with Crippen molar-refractivity contribution in [3.05, 3.63) is 59.2 Å². The predicted octanol–water partition coefficient (Wildman–Crippen LogP) is 4.58. The molecule has 0 aliphatic carbocycles. The topological polar surface area (TPSA) is 33.3 Å². The van der Waals surface area contributed by atoms with Gasteiger partial charge in [-0.25, -0.2) is 0 Å². The van der Waals surface area contributed by atoms with Gasteiger partial charge in [0.25, 0.3) is 0 Å². The van der Waals surface area contributed by atoms with Crippen LogP contribution in [0.4, 0.5) is 5.69 Å². The molecule has 0 fully saturated rings. The number of hydrogen-bond acceptors (Lipinski definition) is 2. The molecule has 0 atom stereocenters. The minimum atomic E-state index is 0.188. The number of nitrogens with one attached hydrogen (secondary N) is 2. The molecule has 0 aliphatic rings. The zero-order chi connectivity index (χ0) is 16.8. The SMILES string of the molecule is Cc1ccc(NC(=S)NCc2ccc(OC(C)C)cc2)c(C)c1. The Morgan fingerprint density at radius 2 is 1.78 bits per heavy atom. The van der Waals surface area contributed by atoms with E-state index in [1.165, 1.54) is 11.1 Å². The maximum absolute atomic E-state index is 5.64. The van der Waals surface area contributed by atoms with Crippen LogP contribution in [0.3, 0.4) is 0 Å². The lowest BCUT2D eigenvalue weighted by Crippen LogP contribution is -2.28. The first-order valence-corrected chi connectivity index (χ1v) is 8.22. The molecule has 3 nitrogen and oxygen atoms in total. The van der Waals surface area contributed by atoms with Crippen LogP contribution in [0.5, 0.6) is 5.75 Å². The van der Waals surface area contributed by atoms with Crippen LogP contribution in [0.1, 0.15) is 30.5 Å². The number of rotatable bonds is 5. The van der Waals surface area contributed by atoms with Crippen molar-refractivity contribution in [3.8, 4) is 5.75 Å². The van der Waals surface area contributed by atoms with Crippen LogP contribution in [-0.4, -0.2) is 11.2 Å². The molecule has 122 valence electrons. The van der Waals surface area contributed by atoms with Crippen molar-refractivity contribution in [1.29, 1.82) is 0 Å². The van der Waals surface area contributed by atoms with Gasteiger partial charge < -0.3 is 15.4 Å². The van der Waals surface area contributed by atoms with Crippen molar-refractivity contribution in [2.45, 2.75) is 40.3 Å². The molecule has 0 spiro atoms. The van der Waals surface area contributed by atoms with Gasteiger partial charge in [0, 0.05) is 12.2 Å². The molecule has 0 bridgehead atoms. The van der Waals surface area contributed by atoms with Gasteiger partial charge in [0.15, 0.2) is 5.11 Å². The lowest BCUT2D eigenvalue weighted by molar-refractivity contribution is 0.242. The van der Waals surface area contributed by atoms with Crippen LogP contribution in [0.2, 0.25) is 0 Å². The monoisotopic (exact) mass is 328 g/mol. The highest BCUT2D eigenvalue weighted by molar-refractivity contribution is 7.80. The molecule has 2 rings (SSSR count). The summed E-state index contributed by atoms with van der Waals surface area (Å²) in [5, 5.41) is 7.09. The first-order chi connectivity index (χ1) is 10.9. The van der Waals surface area contributed by atoms with E-state index in [1.807, 2.05) is 38.1 Å². The summed E-state index contributed by atoms with van der Waals surface area (Å²) in [7, 11) is 0. The molecule has 0 saturated heterocycles. The summed E-state index contributed by atoms with van der Waals surface area (Å²) in [5.41, 5.74) is 4.62. The Balaban J connectivity index is 1.86. The van der Waals surface area contributed by atoms with E-state index < -0.39 is 0 Å². The molecular formula is C19H24N2OS. The molecule has 0 heterocycles. The van der Waals surface area contributed by atoms with Gasteiger partial charge in [-0.15, -0.1) is 0 Å². The Labute approximate surface area is 144 Å². The van der Waals surface area contributed by atoms with Crippen LogP contribution in [0, 0.1) is 13.8 Å². The van der Waals surface area contributed by atoms with Crippen molar-refractivity contribution in [3.63, 3.8) is 0 Å². The zero-order valence-corrected chi connectivity index (χ0v) is 15.0. The third kappa shape index (κ3) is 5.57. The van der Waals surface area contributed by atoms with E-state index in [0.717, 1.165) is 17.0 Å². The minimum Gasteiger partial charge on any atom is -0.491 e. The maximum atomic E-state index is 5.64. The smallest absolute Gasteiger partial charge is 0.171 e. The molecule has 0 aromatic heterocycles. The molecule has 2 aromatic carbocycles. The summed E-state index contributed by atoms with van der Waals surface area (Å²) in [6.07, 6.45) is 0.188. The third-order valence-electron chi connectivity index (χ3n) is 3.38. The van der Waals surface area contributed by atoms with E-state index >= 15 is 0 Å². The predicted molar refractivity (Wildman–Crippen MR) is 101 cm³/mol. The highest BCUT2D eigenvalue weighted by Crippen LogP contribution is 2.16. The number of benzene rings is 2. The fourth-order valence-electron chi connectivity index (χ4n) is 2.26. The average molecular weight is 328 g/mol. The van der Waals surface area contributed by atoms with Crippen molar-refractivity contribution in [2.75, 3.05) is 5.32 Å². The number of thiocarbonyl (C=S) groups is 1. The fourth-order valence-corrected chi connectivity index (χ4v) is 2.44. The first-order valence-electron chi connectivity index (χ1n) is 7.82. The van der Waals surface area contributed by atoms with Gasteiger partial charge in [0.1, 0.15) is 5.75 Å². The van der Waals surface area contributed by atoms with Gasteiger partial charge >= 0.3 is 0 Å². The Hall–Kier alpha value is -2.07. The Bertz CT molecular complexity index is 666. The molecular weight excluding hydrogens is 304 g/mol. The third-order valence-corrected chi connectivity index (χ3v) is 3.62. The fraction of sp³-hybridized carbons (Fsp3) is 0.316. The lowest BCUT2D eigenvalue weighted by Gasteiger charge is -2.14. The van der Waals surface area contributed by atoms with Gasteiger partial charge in [-0.1, -0.05) is 29.8 Å². The summed E-state index contributed by atoms with van der Waals surface area (Å²) < 4.78 is 5.64. The molecule has 4 heteroatoms. The lowest BCUT2D eigenvalue weighted by atomic mass is 10.1. The van der Waals surface area contributed by atoms with E-state index in [4.69, 9.17) is 17.0 Å². The van der Waals surface area contributed by atoms with E-state index in [-0.39, 0.29) is 6.10 Å². The molecule has 2 aromatic rings. The standard InChI is InChI=1S/C19H24N2OS/c1-13(2)22-17-8-6-16(7-9-17)12-20-19(23)21-18-10-5-14(3)11-15(18)4/h5-11,13H,12H2,1-4H3,(H2,20,21,23). The highest BCUT2D eigenvalue weighted by atomic mass is 32.1. The van der Waals surface area contributed by atoms with E-state index in [2.05, 4.69) is 42.7 Å². The van der Waals surface area contributed by atoms with E-state index in [0.29, 0.717) is 11.7 Å². The summed E-state index contributed by atoms with van der Waals surface area (Å²) in [4.78, 5) is 0. The second-order valence-electron chi connectivity index (χ2n) is 5.94. The van der Waals surface area contributed by atoms with Crippen LogP contribution in [0.15, 0.2) is 42.5 Å². The summed E-state index contributed by atoms with van der Waals surface area (Å²) >= 11 is 5.36. The van der Waals surface area contributed by atoms with Gasteiger partial charge in [-0.05, 0) is 69.2 Å². The number of hydrogen-bond donors (Lipinski definition) is 2. The van der Waals surface area contributed by atoms with Crippen molar-refractivity contribution in [1.82, 2.24) is 5.32 Å². The highest BCUT2D eigenvalue weighted by Gasteiger charge is 2.02. The summed E-state index contributed by atoms with van der Waals surface area (Å²) in [6.45, 7) is 8.88. The number of anilines is 1. The molecule has 23 heavy (non-hydrogen) atoms. The number of aryl methyl sites for hydroxylation is 2. The van der Waals surface area contributed by atoms with Crippen LogP contribution in [-0.2, 0) is 6.54 Å². The number of ether oxygens (including phenoxy) is 1. The van der Waals surface area contributed by atoms with Gasteiger partial charge in [0.2, 0.25) is 0 Å². The van der Waals surface area contributed by atoms with Gasteiger partial charge in [-0.2, -0.15) is 0 Å². The second-order valence-corrected chi connectivity index (χ2v) is 6.34. The van der Waals surface area contributed by atoms with Gasteiger partial charge in [0.05, 0.1) is 6.10 Å². The molecule has 2 N–H and O–H groups in total. The zero-order valence-electron chi connectivity index (χ0n) is 14.1. The van der Waals surface area contributed by atoms with Crippen molar-refractivity contribution >= 4 is 23.0 Å². The average Bonchev–Trinajstić information content (AvgIpc) is 2.49. The molecule has 0 aliphatic heterocycles. The Morgan fingerprint density at radius 1 is 1.09 bits per heavy atom. The van der Waals surface area contributed by atoms with E-state index in [1.54, 1.807) is 0 Å². The largest absolute Gasteiger partial charge is 0.491 e. The summed E-state index contributed by atoms with van der Waals surface area (Å²) in [6, 6.07) is 14.3. The van der Waals surface area contributed by atoms with Crippen LogP contribution in [0.25, 0.3) is 0 Å². The van der Waals surface area contributed by atoms with E-state index in [9.17, 15) is 0 Å². The van der Waals surface area contributed by atoms with Crippen molar-refractivity contribution < 1.29 is 4.74 Å². The minimum absolute atomic E-state index is 0.188. The van der Waals surface area contributed by atoms with Crippen LogP contribution < -0.4 is 15.4 Å². The normalized spacial score (nSPS) is 10.5. The first kappa shape index (κ1) is 17.3. The molecule has 0 amide bonds. The molecule has 0 saturated carbocycles. The molecule has 0 unspecified atom stereocenters. The summed E-state index contributed by atoms with van der Waals surface area (Å²) in [5.74, 6) is 0.889. The Morgan fingerprint density at radius 3 is 2.39 bits per heavy atom. The maximum Gasteiger partial charge on any atom is 0.171 e. The second kappa shape index (κ2) is 7.97. The van der Waals surface area contributed by atoms with Crippen molar-refractivity contribution in [2.24, 2.45) is 0 Å². The molecule has 0 radical (unpaired) electrons. The van der Waals surface area contributed by atoms with Crippen LogP contribution >= 0.6 is 12.2 Å². The Kier molecular flexibility index (Phi) is 5.99.